The summed E-state index contributed by atoms with van der Waals surface area (Å²) in [4.78, 5) is 5.01. The first kappa shape index (κ1) is 3.87. The van der Waals surface area contributed by atoms with Crippen molar-refractivity contribution in [2.24, 2.45) is 0 Å². The summed E-state index contributed by atoms with van der Waals surface area (Å²) >= 11 is 0. The second-order valence-electron chi connectivity index (χ2n) is 2.41. The molecular weight excluding hydrogens is 90.1 g/mol. The summed E-state index contributed by atoms with van der Waals surface area (Å²) in [5.74, 6) is 0. The summed E-state index contributed by atoms with van der Waals surface area (Å²) in [6.45, 7) is 0. The number of hydrogen-bond donors (Lipinski definition) is 1. The molecule has 1 spiro atoms. The van der Waals surface area contributed by atoms with Crippen LogP contribution in [-0.2, 0) is 4.84 Å². The fourth-order valence-electron chi connectivity index (χ4n) is 1.22. The molecule has 0 unspecified atom stereocenters. The van der Waals surface area contributed by atoms with Gasteiger partial charge < -0.3 is 0 Å². The molecule has 0 atom stereocenters. The Morgan fingerprint density at radius 1 is 1.29 bits per heavy atom. The molecule has 40 valence electrons. The molecule has 1 N–H and O–H groups in total. The molecule has 0 bridgehead atoms. The topological polar surface area (TPSA) is 34.5 Å². The summed E-state index contributed by atoms with van der Waals surface area (Å²) in [6, 6.07) is 0. The molecule has 2 fully saturated rings. The third kappa shape index (κ3) is 0.469. The molecule has 1 saturated carbocycles. The zero-order valence-electron chi connectivity index (χ0n) is 4.24. The third-order valence-electron chi connectivity index (χ3n) is 1.80. The first-order valence-corrected chi connectivity index (χ1v) is 2.87. The van der Waals surface area contributed by atoms with E-state index in [-0.39, 0.29) is 5.72 Å². The highest BCUT2D eigenvalue weighted by Crippen LogP contribution is 2.37. The van der Waals surface area contributed by atoms with Crippen molar-refractivity contribution in [1.29, 1.82) is 0 Å². The average Bonchev–Trinajstić information content (AvgIpc) is 2.15. The van der Waals surface area contributed by atoms with E-state index in [0.29, 0.717) is 0 Å². The second kappa shape index (κ2) is 1.01. The largest absolute Gasteiger partial charge is 0.275 e. The fraction of sp³-hybridized carbons (Fsp3) is 1.00. The molecule has 1 aliphatic carbocycles. The molecular formula is C5H9NO. The second-order valence-corrected chi connectivity index (χ2v) is 2.41. The van der Waals surface area contributed by atoms with E-state index in [1.165, 1.54) is 25.7 Å². The molecule has 2 nitrogen and oxygen atoms in total. The maximum Gasteiger partial charge on any atom is 0.161 e. The first-order valence-electron chi connectivity index (χ1n) is 2.87. The van der Waals surface area contributed by atoms with Crippen molar-refractivity contribution in [3.8, 4) is 0 Å². The van der Waals surface area contributed by atoms with E-state index in [4.69, 9.17) is 4.84 Å². The maximum atomic E-state index is 5.01. The first-order chi connectivity index (χ1) is 3.41. The van der Waals surface area contributed by atoms with E-state index in [9.17, 15) is 0 Å². The Hall–Kier alpha value is -0.0800. The molecule has 2 rings (SSSR count). The van der Waals surface area contributed by atoms with Crippen molar-refractivity contribution in [3.05, 3.63) is 0 Å². The molecule has 0 aromatic rings. The van der Waals surface area contributed by atoms with Gasteiger partial charge >= 0.3 is 0 Å². The molecule has 2 heteroatoms. The van der Waals surface area contributed by atoms with Gasteiger partial charge in [-0.2, -0.15) is 5.48 Å². The van der Waals surface area contributed by atoms with E-state index in [1.54, 1.807) is 0 Å². The minimum Gasteiger partial charge on any atom is -0.275 e. The van der Waals surface area contributed by atoms with Crippen molar-refractivity contribution in [2.75, 3.05) is 0 Å². The number of nitrogens with one attached hydrogen (secondary N) is 1. The van der Waals surface area contributed by atoms with Gasteiger partial charge in [0.2, 0.25) is 0 Å². The monoisotopic (exact) mass is 99.1 g/mol. The van der Waals surface area contributed by atoms with E-state index in [0.717, 1.165) is 0 Å². The van der Waals surface area contributed by atoms with Crippen LogP contribution in [0.2, 0.25) is 0 Å². The lowest BCUT2D eigenvalue weighted by atomic mass is 10.2. The molecule has 2 aliphatic rings. The summed E-state index contributed by atoms with van der Waals surface area (Å²) in [5, 5.41) is 0. The summed E-state index contributed by atoms with van der Waals surface area (Å²) in [5.41, 5.74) is 3.10. The van der Waals surface area contributed by atoms with E-state index in [2.05, 4.69) is 5.48 Å². The minimum atomic E-state index is 0.194. The Balaban J connectivity index is 2.07. The predicted octanol–water partition coefficient (Wildman–Crippen LogP) is 0.791. The SMILES string of the molecule is C1CCC2(C1)NO2. The van der Waals surface area contributed by atoms with Crippen LogP contribution in [0.3, 0.4) is 0 Å². The van der Waals surface area contributed by atoms with Gasteiger partial charge in [0.15, 0.2) is 5.72 Å². The molecule has 0 amide bonds. The zero-order valence-corrected chi connectivity index (χ0v) is 4.24. The number of rotatable bonds is 0. The van der Waals surface area contributed by atoms with Gasteiger partial charge in [0.25, 0.3) is 0 Å². The Morgan fingerprint density at radius 3 is 2.14 bits per heavy atom. The van der Waals surface area contributed by atoms with Gasteiger partial charge in [-0.1, -0.05) is 0 Å². The molecule has 0 radical (unpaired) electrons. The Bertz CT molecular complexity index is 80.1. The van der Waals surface area contributed by atoms with Gasteiger partial charge in [0.1, 0.15) is 0 Å². The summed E-state index contributed by atoms with van der Waals surface area (Å²) in [6.07, 6.45) is 5.14. The lowest BCUT2D eigenvalue weighted by molar-refractivity contribution is 0.296. The van der Waals surface area contributed by atoms with Crippen LogP contribution in [0.1, 0.15) is 25.7 Å². The molecule has 1 aliphatic heterocycles. The van der Waals surface area contributed by atoms with Crippen LogP contribution in [-0.4, -0.2) is 5.72 Å². The van der Waals surface area contributed by atoms with Gasteiger partial charge in [-0.05, 0) is 25.7 Å². The van der Waals surface area contributed by atoms with Crippen LogP contribution in [0.4, 0.5) is 0 Å². The van der Waals surface area contributed by atoms with Crippen LogP contribution in [0.5, 0.6) is 0 Å². The maximum absolute atomic E-state index is 5.01. The van der Waals surface area contributed by atoms with Crippen molar-refractivity contribution < 1.29 is 4.84 Å². The van der Waals surface area contributed by atoms with Gasteiger partial charge in [-0.25, -0.2) is 0 Å². The van der Waals surface area contributed by atoms with Crippen LogP contribution in [0.15, 0.2) is 0 Å². The van der Waals surface area contributed by atoms with Crippen molar-refractivity contribution in [1.82, 2.24) is 5.48 Å². The van der Waals surface area contributed by atoms with Crippen LogP contribution < -0.4 is 5.48 Å². The normalized spacial score (nSPS) is 34.3. The number of hydroxylamine groups is 1. The van der Waals surface area contributed by atoms with E-state index >= 15 is 0 Å². The highest BCUT2D eigenvalue weighted by Gasteiger charge is 2.46. The van der Waals surface area contributed by atoms with E-state index < -0.39 is 0 Å². The standard InChI is InChI=1S/C5H9NO/c1-2-4-5(3-1)6-7-5/h6H,1-4H2. The Kier molecular flexibility index (Phi) is 0.557. The van der Waals surface area contributed by atoms with Crippen LogP contribution in [0.25, 0.3) is 0 Å². The Labute approximate surface area is 42.8 Å². The average molecular weight is 99.1 g/mol. The third-order valence-corrected chi connectivity index (χ3v) is 1.80. The van der Waals surface area contributed by atoms with Crippen molar-refractivity contribution in [2.45, 2.75) is 31.4 Å². The molecule has 0 aromatic carbocycles. The Morgan fingerprint density at radius 2 is 1.86 bits per heavy atom. The fourth-order valence-corrected chi connectivity index (χ4v) is 1.22. The quantitative estimate of drug-likeness (QED) is 0.455. The van der Waals surface area contributed by atoms with Crippen molar-refractivity contribution in [3.63, 3.8) is 0 Å². The number of hydrogen-bond acceptors (Lipinski definition) is 2. The smallest absolute Gasteiger partial charge is 0.161 e. The minimum absolute atomic E-state index is 0.194. The lowest BCUT2D eigenvalue weighted by Gasteiger charge is -1.89. The zero-order chi connectivity index (χ0) is 4.74. The van der Waals surface area contributed by atoms with Crippen LogP contribution in [0, 0.1) is 0 Å². The van der Waals surface area contributed by atoms with Crippen molar-refractivity contribution >= 4 is 0 Å². The van der Waals surface area contributed by atoms with Gasteiger partial charge in [-0.15, -0.1) is 0 Å². The summed E-state index contributed by atoms with van der Waals surface area (Å²) in [7, 11) is 0. The van der Waals surface area contributed by atoms with Gasteiger partial charge in [-0.3, -0.25) is 4.84 Å². The predicted molar refractivity (Wildman–Crippen MR) is 25.4 cm³/mol. The highest BCUT2D eigenvalue weighted by molar-refractivity contribution is 4.87. The van der Waals surface area contributed by atoms with Gasteiger partial charge in [0.05, 0.1) is 0 Å². The lowest BCUT2D eigenvalue weighted by Crippen LogP contribution is -2.06. The van der Waals surface area contributed by atoms with Gasteiger partial charge in [0, 0.05) is 0 Å². The van der Waals surface area contributed by atoms with E-state index in [1.807, 2.05) is 0 Å². The molecule has 1 saturated heterocycles. The summed E-state index contributed by atoms with van der Waals surface area (Å²) < 4.78 is 0. The highest BCUT2D eigenvalue weighted by atomic mass is 16.8. The van der Waals surface area contributed by atoms with Crippen LogP contribution >= 0.6 is 0 Å². The molecule has 0 aromatic heterocycles. The molecule has 7 heavy (non-hydrogen) atoms. The molecule has 1 heterocycles.